The van der Waals surface area contributed by atoms with Gasteiger partial charge in [0.05, 0.1) is 30.4 Å². The Labute approximate surface area is 101 Å². The van der Waals surface area contributed by atoms with Crippen LogP contribution < -0.4 is 5.32 Å². The molecule has 2 rings (SSSR count). The number of imidazole rings is 1. The van der Waals surface area contributed by atoms with E-state index in [1.54, 1.807) is 33.9 Å². The number of nitrogens with one attached hydrogen (secondary N) is 1. The normalized spacial score (nSPS) is 24.7. The third-order valence-corrected chi connectivity index (χ3v) is 3.15. The predicted molar refractivity (Wildman–Crippen MR) is 61.7 cm³/mol. The Morgan fingerprint density at radius 1 is 1.35 bits per heavy atom. The maximum Gasteiger partial charge on any atom is 0.200 e. The summed E-state index contributed by atoms with van der Waals surface area (Å²) in [6.07, 6.45) is 3.32. The van der Waals surface area contributed by atoms with Crippen molar-refractivity contribution in [3.63, 3.8) is 0 Å². The molecule has 2 heterocycles. The van der Waals surface area contributed by atoms with Crippen molar-refractivity contribution >= 4 is 0 Å². The Bertz CT molecular complexity index is 351. The molecule has 0 bridgehead atoms. The van der Waals surface area contributed by atoms with Crippen LogP contribution >= 0.6 is 0 Å². The van der Waals surface area contributed by atoms with Crippen LogP contribution in [0.3, 0.4) is 0 Å². The van der Waals surface area contributed by atoms with Gasteiger partial charge < -0.3 is 24.1 Å². The highest BCUT2D eigenvalue weighted by atomic mass is 16.7. The average molecular weight is 241 g/mol. The number of methoxy groups -OCH3 is 3. The van der Waals surface area contributed by atoms with Gasteiger partial charge in [-0.1, -0.05) is 0 Å². The summed E-state index contributed by atoms with van der Waals surface area (Å²) in [5.74, 6) is 0. The quantitative estimate of drug-likeness (QED) is 0.753. The molecule has 0 radical (unpaired) electrons. The van der Waals surface area contributed by atoms with Gasteiger partial charge in [0, 0.05) is 34.4 Å². The molecule has 17 heavy (non-hydrogen) atoms. The van der Waals surface area contributed by atoms with Crippen LogP contribution in [0.15, 0.2) is 12.5 Å². The Morgan fingerprint density at radius 3 is 2.76 bits per heavy atom. The van der Waals surface area contributed by atoms with Crippen LogP contribution in [-0.4, -0.2) is 50.1 Å². The van der Waals surface area contributed by atoms with Crippen LogP contribution in [0.5, 0.6) is 0 Å². The zero-order valence-electron chi connectivity index (χ0n) is 10.4. The molecule has 0 amide bonds. The van der Waals surface area contributed by atoms with Crippen molar-refractivity contribution in [2.75, 3.05) is 34.4 Å². The molecule has 1 fully saturated rings. The number of nitrogens with zero attached hydrogens (tertiary/aromatic N) is 2. The lowest BCUT2D eigenvalue weighted by Crippen LogP contribution is -2.26. The number of hydrogen-bond donors (Lipinski definition) is 1. The summed E-state index contributed by atoms with van der Waals surface area (Å²) in [5, 5.41) is 3.31. The molecular formula is C11H19N3O3. The van der Waals surface area contributed by atoms with Crippen molar-refractivity contribution < 1.29 is 14.2 Å². The van der Waals surface area contributed by atoms with Crippen molar-refractivity contribution in [1.29, 1.82) is 0 Å². The summed E-state index contributed by atoms with van der Waals surface area (Å²) in [4.78, 5) is 4.17. The van der Waals surface area contributed by atoms with E-state index in [4.69, 9.17) is 14.2 Å². The molecule has 1 aromatic heterocycles. The predicted octanol–water partition coefficient (Wildman–Crippen LogP) is 0.334. The largest absolute Gasteiger partial charge is 0.378 e. The standard InChI is InChI=1S/C11H19N3O3/c1-15-10-6-12-4-8(10)14-7-13-5-9(14)11(16-2)17-3/h5,7-8,10-12H,4,6H2,1-3H3/t8?,10-/m0/s1. The van der Waals surface area contributed by atoms with Gasteiger partial charge in [-0.2, -0.15) is 0 Å². The van der Waals surface area contributed by atoms with Gasteiger partial charge in [-0.15, -0.1) is 0 Å². The second kappa shape index (κ2) is 5.59. The summed E-state index contributed by atoms with van der Waals surface area (Å²) in [7, 11) is 4.96. The van der Waals surface area contributed by atoms with Crippen LogP contribution in [0.25, 0.3) is 0 Å². The zero-order chi connectivity index (χ0) is 12.3. The van der Waals surface area contributed by atoms with Gasteiger partial charge in [0.1, 0.15) is 0 Å². The molecule has 1 aliphatic heterocycles. The summed E-state index contributed by atoms with van der Waals surface area (Å²) < 4.78 is 18.1. The second-order valence-corrected chi connectivity index (χ2v) is 4.03. The van der Waals surface area contributed by atoms with E-state index in [1.807, 2.05) is 0 Å². The van der Waals surface area contributed by atoms with Crippen LogP contribution in [-0.2, 0) is 14.2 Å². The highest BCUT2D eigenvalue weighted by Crippen LogP contribution is 2.25. The molecule has 0 aromatic carbocycles. The summed E-state index contributed by atoms with van der Waals surface area (Å²) in [6.45, 7) is 1.71. The summed E-state index contributed by atoms with van der Waals surface area (Å²) in [5.41, 5.74) is 0.908. The minimum Gasteiger partial charge on any atom is -0.378 e. The topological polar surface area (TPSA) is 57.5 Å². The van der Waals surface area contributed by atoms with E-state index < -0.39 is 6.29 Å². The lowest BCUT2D eigenvalue weighted by atomic mass is 10.2. The molecule has 6 heteroatoms. The molecule has 1 N–H and O–H groups in total. The molecule has 0 spiro atoms. The van der Waals surface area contributed by atoms with Crippen molar-refractivity contribution in [1.82, 2.24) is 14.9 Å². The minimum absolute atomic E-state index is 0.150. The van der Waals surface area contributed by atoms with E-state index in [0.717, 1.165) is 18.8 Å². The highest BCUT2D eigenvalue weighted by Gasteiger charge is 2.31. The maximum atomic E-state index is 5.46. The molecule has 6 nitrogen and oxygen atoms in total. The van der Waals surface area contributed by atoms with E-state index in [-0.39, 0.29) is 12.1 Å². The van der Waals surface area contributed by atoms with Gasteiger partial charge in [-0.25, -0.2) is 4.98 Å². The smallest absolute Gasteiger partial charge is 0.200 e. The van der Waals surface area contributed by atoms with E-state index in [0.29, 0.717) is 0 Å². The maximum absolute atomic E-state index is 5.46. The molecule has 1 aromatic rings. The molecule has 1 saturated heterocycles. The monoisotopic (exact) mass is 241 g/mol. The van der Waals surface area contributed by atoms with Crippen molar-refractivity contribution in [2.45, 2.75) is 18.4 Å². The Balaban J connectivity index is 2.23. The zero-order valence-corrected chi connectivity index (χ0v) is 10.4. The third-order valence-electron chi connectivity index (χ3n) is 3.15. The van der Waals surface area contributed by atoms with Gasteiger partial charge >= 0.3 is 0 Å². The average Bonchev–Trinajstić information content (AvgIpc) is 2.97. The molecule has 0 aliphatic carbocycles. The fraction of sp³-hybridized carbons (Fsp3) is 0.727. The van der Waals surface area contributed by atoms with E-state index in [9.17, 15) is 0 Å². The SMILES string of the molecule is COC(OC)c1cncn1C1CNC[C@@H]1OC. The van der Waals surface area contributed by atoms with Crippen LogP contribution in [0, 0.1) is 0 Å². The van der Waals surface area contributed by atoms with E-state index >= 15 is 0 Å². The number of hydrogen-bond acceptors (Lipinski definition) is 5. The van der Waals surface area contributed by atoms with Crippen LogP contribution in [0.4, 0.5) is 0 Å². The summed E-state index contributed by atoms with van der Waals surface area (Å²) in [6, 6.07) is 0.227. The van der Waals surface area contributed by atoms with Gasteiger partial charge in [-0.05, 0) is 0 Å². The molecule has 2 atom stereocenters. The van der Waals surface area contributed by atoms with E-state index in [1.165, 1.54) is 0 Å². The number of aromatic nitrogens is 2. The first-order valence-corrected chi connectivity index (χ1v) is 5.62. The van der Waals surface area contributed by atoms with Gasteiger partial charge in [0.2, 0.25) is 0 Å². The molecule has 1 aliphatic rings. The third kappa shape index (κ3) is 2.35. The second-order valence-electron chi connectivity index (χ2n) is 4.03. The van der Waals surface area contributed by atoms with Crippen LogP contribution in [0.2, 0.25) is 0 Å². The molecule has 1 unspecified atom stereocenters. The van der Waals surface area contributed by atoms with E-state index in [2.05, 4.69) is 14.9 Å². The van der Waals surface area contributed by atoms with Gasteiger partial charge in [0.15, 0.2) is 6.29 Å². The van der Waals surface area contributed by atoms with Gasteiger partial charge in [-0.3, -0.25) is 0 Å². The lowest BCUT2D eigenvalue weighted by Gasteiger charge is -2.23. The van der Waals surface area contributed by atoms with Crippen molar-refractivity contribution in [3.05, 3.63) is 18.2 Å². The number of rotatable bonds is 5. The highest BCUT2D eigenvalue weighted by molar-refractivity contribution is 5.05. The van der Waals surface area contributed by atoms with Crippen LogP contribution in [0.1, 0.15) is 18.0 Å². The Hall–Kier alpha value is -0.950. The van der Waals surface area contributed by atoms with Crippen molar-refractivity contribution in [3.8, 4) is 0 Å². The first-order chi connectivity index (χ1) is 8.31. The van der Waals surface area contributed by atoms with Crippen molar-refractivity contribution in [2.24, 2.45) is 0 Å². The first-order valence-electron chi connectivity index (χ1n) is 5.62. The Morgan fingerprint density at radius 2 is 2.12 bits per heavy atom. The number of ether oxygens (including phenoxy) is 3. The summed E-state index contributed by atoms with van der Waals surface area (Å²) >= 11 is 0. The molecule has 96 valence electrons. The lowest BCUT2D eigenvalue weighted by molar-refractivity contribution is -0.111. The fourth-order valence-electron chi connectivity index (χ4n) is 2.27. The Kier molecular flexibility index (Phi) is 4.11. The molecular weight excluding hydrogens is 222 g/mol. The fourth-order valence-corrected chi connectivity index (χ4v) is 2.27. The molecule has 0 saturated carbocycles. The van der Waals surface area contributed by atoms with Gasteiger partial charge in [0.25, 0.3) is 0 Å². The first kappa shape index (κ1) is 12.5. The minimum atomic E-state index is -0.393.